The second kappa shape index (κ2) is 7.88. The van der Waals surface area contributed by atoms with Crippen molar-refractivity contribution in [1.82, 2.24) is 0 Å². The Balaban J connectivity index is 1.65. The fourth-order valence-corrected chi connectivity index (χ4v) is 9.07. The molecule has 11 unspecified atom stereocenters. The SMILES string of the molecule is CC(CCC(=O)O)C1CCC2C3C(O)CC4CCCC(C=O)C4(C)C3CC(O)C12C. The predicted molar refractivity (Wildman–Crippen MR) is 114 cm³/mol. The smallest absolute Gasteiger partial charge is 0.303 e. The molecule has 5 nitrogen and oxygen atoms in total. The maximum atomic E-state index is 12.0. The first kappa shape index (κ1) is 22.3. The van der Waals surface area contributed by atoms with Crippen LogP contribution in [0.2, 0.25) is 0 Å². The zero-order chi connectivity index (χ0) is 21.8. The van der Waals surface area contributed by atoms with Crippen LogP contribution in [0.3, 0.4) is 0 Å². The van der Waals surface area contributed by atoms with E-state index in [0.717, 1.165) is 44.8 Å². The molecule has 11 atom stereocenters. The molecule has 4 fully saturated rings. The Morgan fingerprint density at radius 2 is 1.80 bits per heavy atom. The van der Waals surface area contributed by atoms with Crippen LogP contribution in [0, 0.1) is 52.3 Å². The molecule has 0 saturated heterocycles. The summed E-state index contributed by atoms with van der Waals surface area (Å²) in [5.41, 5.74) is -0.409. The number of carboxylic acid groups (broad SMARTS) is 1. The van der Waals surface area contributed by atoms with Crippen LogP contribution in [0.5, 0.6) is 0 Å². The van der Waals surface area contributed by atoms with Gasteiger partial charge in [0.25, 0.3) is 0 Å². The van der Waals surface area contributed by atoms with Gasteiger partial charge in [-0.3, -0.25) is 4.79 Å². The highest BCUT2D eigenvalue weighted by Crippen LogP contribution is 2.69. The fourth-order valence-electron chi connectivity index (χ4n) is 9.07. The highest BCUT2D eigenvalue weighted by atomic mass is 16.4. The van der Waals surface area contributed by atoms with E-state index in [0.29, 0.717) is 18.8 Å². The number of fused-ring (bicyclic) bond motifs is 5. The van der Waals surface area contributed by atoms with E-state index in [1.807, 2.05) is 0 Å². The Morgan fingerprint density at radius 1 is 1.07 bits per heavy atom. The lowest BCUT2D eigenvalue weighted by Crippen LogP contribution is -2.63. The van der Waals surface area contributed by atoms with Gasteiger partial charge in [0.2, 0.25) is 0 Å². The van der Waals surface area contributed by atoms with Crippen molar-refractivity contribution in [1.29, 1.82) is 0 Å². The third kappa shape index (κ3) is 3.09. The van der Waals surface area contributed by atoms with Gasteiger partial charge in [-0.15, -0.1) is 0 Å². The van der Waals surface area contributed by atoms with E-state index in [4.69, 9.17) is 5.11 Å². The third-order valence-corrected chi connectivity index (χ3v) is 10.7. The molecule has 170 valence electrons. The number of carbonyl (C=O) groups excluding carboxylic acids is 1. The summed E-state index contributed by atoms with van der Waals surface area (Å²) >= 11 is 0. The molecule has 0 aliphatic heterocycles. The van der Waals surface area contributed by atoms with Gasteiger partial charge in [0, 0.05) is 12.3 Å². The lowest BCUT2D eigenvalue weighted by atomic mass is 9.41. The van der Waals surface area contributed by atoms with Crippen molar-refractivity contribution in [2.45, 2.75) is 90.8 Å². The van der Waals surface area contributed by atoms with Crippen molar-refractivity contribution in [2.75, 3.05) is 0 Å². The van der Waals surface area contributed by atoms with Crippen LogP contribution in [-0.2, 0) is 9.59 Å². The molecular weight excluding hydrogens is 380 g/mol. The molecule has 0 aromatic heterocycles. The van der Waals surface area contributed by atoms with Gasteiger partial charge in [-0.25, -0.2) is 0 Å². The number of aliphatic hydroxyl groups is 2. The van der Waals surface area contributed by atoms with Crippen LogP contribution in [-0.4, -0.2) is 39.8 Å². The van der Waals surface area contributed by atoms with Gasteiger partial charge in [-0.1, -0.05) is 27.2 Å². The average Bonchev–Trinajstić information content (AvgIpc) is 3.05. The van der Waals surface area contributed by atoms with E-state index in [2.05, 4.69) is 20.8 Å². The predicted octanol–water partition coefficient (Wildman–Crippen LogP) is 3.90. The lowest BCUT2D eigenvalue weighted by Gasteiger charge is -2.64. The van der Waals surface area contributed by atoms with Crippen molar-refractivity contribution in [3.8, 4) is 0 Å². The second-order valence-corrected chi connectivity index (χ2v) is 11.5. The van der Waals surface area contributed by atoms with Crippen LogP contribution in [0.25, 0.3) is 0 Å². The Morgan fingerprint density at radius 3 is 2.47 bits per heavy atom. The van der Waals surface area contributed by atoms with Crippen molar-refractivity contribution in [2.24, 2.45) is 52.3 Å². The Hall–Kier alpha value is -0.940. The summed E-state index contributed by atoms with van der Waals surface area (Å²) in [7, 11) is 0. The molecule has 0 radical (unpaired) electrons. The summed E-state index contributed by atoms with van der Waals surface area (Å²) in [5.74, 6) is 0.711. The topological polar surface area (TPSA) is 94.8 Å². The first-order valence-corrected chi connectivity index (χ1v) is 12.2. The molecule has 4 rings (SSSR count). The van der Waals surface area contributed by atoms with Crippen molar-refractivity contribution in [3.63, 3.8) is 0 Å². The fraction of sp³-hybridized carbons (Fsp3) is 0.920. The van der Waals surface area contributed by atoms with Crippen LogP contribution in [0.4, 0.5) is 0 Å². The Kier molecular flexibility index (Phi) is 5.85. The number of hydrogen-bond donors (Lipinski definition) is 3. The molecule has 0 bridgehead atoms. The maximum absolute atomic E-state index is 12.0. The van der Waals surface area contributed by atoms with Gasteiger partial charge < -0.3 is 20.1 Å². The van der Waals surface area contributed by atoms with Crippen LogP contribution in [0.1, 0.15) is 78.6 Å². The molecule has 0 aromatic rings. The minimum atomic E-state index is -0.760. The Labute approximate surface area is 180 Å². The van der Waals surface area contributed by atoms with Gasteiger partial charge in [0.15, 0.2) is 0 Å². The van der Waals surface area contributed by atoms with Crippen LogP contribution < -0.4 is 0 Å². The molecule has 0 amide bonds. The Bertz CT molecular complexity index is 678. The molecule has 4 saturated carbocycles. The van der Waals surface area contributed by atoms with Gasteiger partial charge >= 0.3 is 5.97 Å². The number of rotatable bonds is 5. The van der Waals surface area contributed by atoms with E-state index in [9.17, 15) is 19.8 Å². The summed E-state index contributed by atoms with van der Waals surface area (Å²) in [4.78, 5) is 23.1. The van der Waals surface area contributed by atoms with Gasteiger partial charge in [0.05, 0.1) is 12.2 Å². The molecule has 5 heteroatoms. The van der Waals surface area contributed by atoms with Gasteiger partial charge in [-0.05, 0) is 91.3 Å². The molecule has 4 aliphatic rings. The molecule has 4 aliphatic carbocycles. The normalized spacial score (nSPS) is 51.4. The number of hydrogen-bond acceptors (Lipinski definition) is 4. The number of aliphatic carboxylic acids is 1. The monoisotopic (exact) mass is 420 g/mol. The van der Waals surface area contributed by atoms with E-state index < -0.39 is 12.1 Å². The average molecular weight is 421 g/mol. The first-order chi connectivity index (χ1) is 14.1. The first-order valence-electron chi connectivity index (χ1n) is 12.2. The summed E-state index contributed by atoms with van der Waals surface area (Å²) in [6.07, 6.45) is 7.64. The van der Waals surface area contributed by atoms with E-state index >= 15 is 0 Å². The van der Waals surface area contributed by atoms with Crippen molar-refractivity contribution in [3.05, 3.63) is 0 Å². The van der Waals surface area contributed by atoms with Crippen molar-refractivity contribution >= 4 is 12.3 Å². The zero-order valence-electron chi connectivity index (χ0n) is 18.8. The number of aldehydes is 1. The maximum Gasteiger partial charge on any atom is 0.303 e. The van der Waals surface area contributed by atoms with E-state index in [-0.39, 0.29) is 58.9 Å². The third-order valence-electron chi connectivity index (χ3n) is 10.7. The molecule has 0 aromatic carbocycles. The molecule has 0 spiro atoms. The lowest BCUT2D eigenvalue weighted by molar-refractivity contribution is -0.212. The largest absolute Gasteiger partial charge is 0.481 e. The highest BCUT2D eigenvalue weighted by molar-refractivity contribution is 5.66. The minimum Gasteiger partial charge on any atom is -0.481 e. The number of carboxylic acids is 1. The summed E-state index contributed by atoms with van der Waals surface area (Å²) in [5, 5.41) is 32.0. The van der Waals surface area contributed by atoms with E-state index in [1.54, 1.807) is 0 Å². The molecule has 3 N–H and O–H groups in total. The summed E-state index contributed by atoms with van der Waals surface area (Å²) < 4.78 is 0. The van der Waals surface area contributed by atoms with Crippen molar-refractivity contribution < 1.29 is 24.9 Å². The zero-order valence-corrected chi connectivity index (χ0v) is 18.8. The number of carbonyl (C=O) groups is 2. The van der Waals surface area contributed by atoms with Crippen LogP contribution in [0.15, 0.2) is 0 Å². The highest BCUT2D eigenvalue weighted by Gasteiger charge is 2.66. The molecule has 0 heterocycles. The molecular formula is C25H40O5. The van der Waals surface area contributed by atoms with Gasteiger partial charge in [0.1, 0.15) is 6.29 Å². The second-order valence-electron chi connectivity index (χ2n) is 11.5. The standard InChI is InChI=1S/C25H40O5/c1-14(7-10-22(29)30)17-8-9-18-23-19(12-21(28)25(17,18)3)24(2)15(11-20(23)27)5-4-6-16(24)13-26/h13-21,23,27-28H,4-12H2,1-3H3,(H,29,30). The van der Waals surface area contributed by atoms with Crippen LogP contribution >= 0.6 is 0 Å². The van der Waals surface area contributed by atoms with E-state index in [1.165, 1.54) is 0 Å². The minimum absolute atomic E-state index is 0.0273. The van der Waals surface area contributed by atoms with Gasteiger partial charge in [-0.2, -0.15) is 0 Å². The quantitative estimate of drug-likeness (QED) is 0.586. The summed E-state index contributed by atoms with van der Waals surface area (Å²) in [6.45, 7) is 6.61. The number of aliphatic hydroxyl groups excluding tert-OH is 2. The molecule has 30 heavy (non-hydrogen) atoms. The summed E-state index contributed by atoms with van der Waals surface area (Å²) in [6, 6.07) is 0.